The van der Waals surface area contributed by atoms with Gasteiger partial charge in [0.15, 0.2) is 4.80 Å². The second-order valence-electron chi connectivity index (χ2n) is 7.82. The highest BCUT2D eigenvalue weighted by Crippen LogP contribution is 2.37. The first kappa shape index (κ1) is 23.5. The summed E-state index contributed by atoms with van der Waals surface area (Å²) in [4.78, 5) is 31.9. The van der Waals surface area contributed by atoms with E-state index in [1.54, 1.807) is 50.8 Å². The Labute approximate surface area is 201 Å². The van der Waals surface area contributed by atoms with Crippen LogP contribution in [0.3, 0.4) is 0 Å². The number of aryl methyl sites for hydroxylation is 1. The highest BCUT2D eigenvalue weighted by molar-refractivity contribution is 7.07. The molecule has 0 saturated carbocycles. The lowest BCUT2D eigenvalue weighted by molar-refractivity contribution is -0.139. The van der Waals surface area contributed by atoms with E-state index in [9.17, 15) is 9.59 Å². The fraction of sp³-hybridized carbons (Fsp3) is 0.269. The van der Waals surface area contributed by atoms with Crippen LogP contribution in [-0.4, -0.2) is 31.4 Å². The SMILES string of the molecule is CCOC(=O)C1=C(C)N=c2s/c(=C/c3ccc(C)cc3)c(=O)n2C1c1cc(OC)ccc1OC. The van der Waals surface area contributed by atoms with E-state index in [0.717, 1.165) is 11.1 Å². The molecule has 4 rings (SSSR count). The van der Waals surface area contributed by atoms with Gasteiger partial charge < -0.3 is 14.2 Å². The van der Waals surface area contributed by atoms with Gasteiger partial charge in [0.1, 0.15) is 17.5 Å². The molecule has 0 bridgehead atoms. The molecule has 2 heterocycles. The Morgan fingerprint density at radius 3 is 2.50 bits per heavy atom. The largest absolute Gasteiger partial charge is 0.497 e. The third kappa shape index (κ3) is 4.28. The van der Waals surface area contributed by atoms with Gasteiger partial charge in [-0.3, -0.25) is 9.36 Å². The summed E-state index contributed by atoms with van der Waals surface area (Å²) in [5, 5.41) is 0. The molecule has 1 aliphatic rings. The first-order valence-electron chi connectivity index (χ1n) is 10.9. The van der Waals surface area contributed by atoms with Crippen LogP contribution in [0.2, 0.25) is 0 Å². The monoisotopic (exact) mass is 478 g/mol. The molecule has 0 fully saturated rings. The van der Waals surface area contributed by atoms with Gasteiger partial charge in [0, 0.05) is 5.56 Å². The van der Waals surface area contributed by atoms with Gasteiger partial charge in [-0.05, 0) is 50.6 Å². The van der Waals surface area contributed by atoms with E-state index in [0.29, 0.717) is 37.7 Å². The summed E-state index contributed by atoms with van der Waals surface area (Å²) in [7, 11) is 3.11. The minimum absolute atomic E-state index is 0.204. The fourth-order valence-electron chi connectivity index (χ4n) is 3.95. The van der Waals surface area contributed by atoms with Crippen LogP contribution in [0.15, 0.2) is 63.5 Å². The first-order valence-corrected chi connectivity index (χ1v) is 11.7. The van der Waals surface area contributed by atoms with E-state index in [1.165, 1.54) is 11.3 Å². The maximum Gasteiger partial charge on any atom is 0.338 e. The number of carbonyl (C=O) groups excluding carboxylic acids is 1. The number of nitrogens with zero attached hydrogens (tertiary/aromatic N) is 2. The predicted molar refractivity (Wildman–Crippen MR) is 131 cm³/mol. The number of carbonyl (C=O) groups is 1. The van der Waals surface area contributed by atoms with Gasteiger partial charge in [0.2, 0.25) is 0 Å². The summed E-state index contributed by atoms with van der Waals surface area (Å²) in [5.74, 6) is 0.581. The molecule has 1 aliphatic heterocycles. The molecule has 0 amide bonds. The highest BCUT2D eigenvalue weighted by atomic mass is 32.1. The first-order chi connectivity index (χ1) is 16.4. The molecule has 1 aromatic heterocycles. The Bertz CT molecular complexity index is 1450. The van der Waals surface area contributed by atoms with Crippen LogP contribution in [0.25, 0.3) is 6.08 Å². The quantitative estimate of drug-likeness (QED) is 0.509. The highest BCUT2D eigenvalue weighted by Gasteiger charge is 2.35. The van der Waals surface area contributed by atoms with Gasteiger partial charge in [-0.1, -0.05) is 41.2 Å². The van der Waals surface area contributed by atoms with Crippen LogP contribution in [-0.2, 0) is 9.53 Å². The van der Waals surface area contributed by atoms with Gasteiger partial charge >= 0.3 is 5.97 Å². The van der Waals surface area contributed by atoms with Crippen LogP contribution < -0.4 is 24.4 Å². The van der Waals surface area contributed by atoms with Crippen molar-refractivity contribution in [3.63, 3.8) is 0 Å². The molecule has 0 aliphatic carbocycles. The van der Waals surface area contributed by atoms with Crippen molar-refractivity contribution in [3.8, 4) is 11.5 Å². The lowest BCUT2D eigenvalue weighted by Gasteiger charge is -2.26. The number of allylic oxidation sites excluding steroid dienone is 1. The minimum atomic E-state index is -0.777. The third-order valence-corrected chi connectivity index (χ3v) is 6.61. The summed E-state index contributed by atoms with van der Waals surface area (Å²) in [6.45, 7) is 5.71. The van der Waals surface area contributed by atoms with Crippen LogP contribution in [0.4, 0.5) is 0 Å². The molecular formula is C26H26N2O5S. The average molecular weight is 479 g/mol. The third-order valence-electron chi connectivity index (χ3n) is 5.62. The molecule has 2 aromatic carbocycles. The predicted octanol–water partition coefficient (Wildman–Crippen LogP) is 3.12. The number of thiazole rings is 1. The zero-order chi connectivity index (χ0) is 24.4. The summed E-state index contributed by atoms with van der Waals surface area (Å²) in [6, 6.07) is 12.4. The van der Waals surface area contributed by atoms with Gasteiger partial charge in [0.25, 0.3) is 5.56 Å². The van der Waals surface area contributed by atoms with E-state index < -0.39 is 12.0 Å². The number of benzene rings is 2. The van der Waals surface area contributed by atoms with E-state index in [2.05, 4.69) is 4.99 Å². The second kappa shape index (κ2) is 9.69. The van der Waals surface area contributed by atoms with Crippen molar-refractivity contribution in [2.75, 3.05) is 20.8 Å². The molecule has 1 unspecified atom stereocenters. The summed E-state index contributed by atoms with van der Waals surface area (Å²) >= 11 is 1.28. The Balaban J connectivity index is 2.01. The number of esters is 1. The molecule has 1 atom stereocenters. The Morgan fingerprint density at radius 1 is 1.12 bits per heavy atom. The molecule has 7 nitrogen and oxygen atoms in total. The van der Waals surface area contributed by atoms with Crippen molar-refractivity contribution in [2.45, 2.75) is 26.8 Å². The van der Waals surface area contributed by atoms with Crippen molar-refractivity contribution >= 4 is 23.4 Å². The van der Waals surface area contributed by atoms with E-state index in [4.69, 9.17) is 14.2 Å². The molecule has 34 heavy (non-hydrogen) atoms. The number of rotatable bonds is 6. The van der Waals surface area contributed by atoms with Crippen LogP contribution in [0.1, 0.15) is 36.6 Å². The second-order valence-corrected chi connectivity index (χ2v) is 8.83. The zero-order valence-electron chi connectivity index (χ0n) is 19.7. The number of hydrogen-bond acceptors (Lipinski definition) is 7. The van der Waals surface area contributed by atoms with E-state index in [1.807, 2.05) is 37.3 Å². The van der Waals surface area contributed by atoms with Crippen molar-refractivity contribution in [1.29, 1.82) is 0 Å². The lowest BCUT2D eigenvalue weighted by Crippen LogP contribution is -2.40. The summed E-state index contributed by atoms with van der Waals surface area (Å²) in [5.41, 5.74) is 3.21. The molecule has 3 aromatic rings. The number of ether oxygens (including phenoxy) is 3. The van der Waals surface area contributed by atoms with Crippen molar-refractivity contribution in [2.24, 2.45) is 4.99 Å². The number of hydrogen-bond donors (Lipinski definition) is 0. The molecule has 176 valence electrons. The molecule has 0 spiro atoms. The molecule has 0 radical (unpaired) electrons. The van der Waals surface area contributed by atoms with Crippen molar-refractivity contribution in [3.05, 3.63) is 90.1 Å². The normalized spacial score (nSPS) is 15.6. The standard InChI is InChI=1S/C26H26N2O5S/c1-6-33-25(30)22-16(3)27-26-28(23(22)19-14-18(31-4)11-12-20(19)32-5)24(29)21(34-26)13-17-9-7-15(2)8-10-17/h7-14,23H,6H2,1-5H3/b21-13+. The molecule has 0 saturated heterocycles. The topological polar surface area (TPSA) is 79.1 Å². The van der Waals surface area contributed by atoms with Gasteiger partial charge in [-0.2, -0.15) is 0 Å². The van der Waals surface area contributed by atoms with E-state index >= 15 is 0 Å². The Morgan fingerprint density at radius 2 is 1.85 bits per heavy atom. The maximum absolute atomic E-state index is 13.7. The van der Waals surface area contributed by atoms with Gasteiger partial charge in [0.05, 0.1) is 36.6 Å². The lowest BCUT2D eigenvalue weighted by atomic mass is 9.94. The summed E-state index contributed by atoms with van der Waals surface area (Å²) < 4.78 is 18.5. The zero-order valence-corrected chi connectivity index (χ0v) is 20.6. The molecule has 0 N–H and O–H groups in total. The Hall–Kier alpha value is -3.65. The smallest absolute Gasteiger partial charge is 0.338 e. The molecule has 8 heteroatoms. The number of aromatic nitrogens is 1. The Kier molecular flexibility index (Phi) is 6.70. The average Bonchev–Trinajstić information content (AvgIpc) is 3.13. The minimum Gasteiger partial charge on any atom is -0.497 e. The van der Waals surface area contributed by atoms with Gasteiger partial charge in [-0.15, -0.1) is 0 Å². The molecular weight excluding hydrogens is 452 g/mol. The fourth-order valence-corrected chi connectivity index (χ4v) is 5.00. The van der Waals surface area contributed by atoms with Crippen LogP contribution in [0.5, 0.6) is 11.5 Å². The van der Waals surface area contributed by atoms with E-state index in [-0.39, 0.29) is 12.2 Å². The van der Waals surface area contributed by atoms with Crippen LogP contribution in [0, 0.1) is 6.92 Å². The van der Waals surface area contributed by atoms with Crippen molar-refractivity contribution < 1.29 is 19.0 Å². The number of fused-ring (bicyclic) bond motifs is 1. The maximum atomic E-state index is 13.7. The van der Waals surface area contributed by atoms with Crippen molar-refractivity contribution in [1.82, 2.24) is 4.57 Å². The van der Waals surface area contributed by atoms with Gasteiger partial charge in [-0.25, -0.2) is 9.79 Å². The van der Waals surface area contributed by atoms with Crippen LogP contribution >= 0.6 is 11.3 Å². The number of methoxy groups -OCH3 is 2. The summed E-state index contributed by atoms with van der Waals surface area (Å²) in [6.07, 6.45) is 1.84.